The topological polar surface area (TPSA) is 3.24 Å². The van der Waals surface area contributed by atoms with Gasteiger partial charge in [0.05, 0.1) is 0 Å². The Hall–Kier alpha value is -7.00. The van der Waals surface area contributed by atoms with E-state index in [1.807, 2.05) is 11.3 Å². The summed E-state index contributed by atoms with van der Waals surface area (Å²) in [5, 5.41) is 2.64. The lowest BCUT2D eigenvalue weighted by Crippen LogP contribution is -2.22. The molecule has 0 fully saturated rings. The van der Waals surface area contributed by atoms with Crippen LogP contribution >= 0.6 is 11.3 Å². The molecule has 0 spiro atoms. The van der Waals surface area contributed by atoms with E-state index in [-0.39, 0.29) is 5.41 Å². The van der Waals surface area contributed by atoms with Gasteiger partial charge in [0.1, 0.15) is 0 Å². The van der Waals surface area contributed by atoms with Crippen molar-refractivity contribution in [3.05, 3.63) is 235 Å². The maximum Gasteiger partial charge on any atom is 0.0462 e. The van der Waals surface area contributed by atoms with Crippen molar-refractivity contribution in [3.63, 3.8) is 0 Å². The summed E-state index contributed by atoms with van der Waals surface area (Å²) in [5.74, 6) is 0. The molecular weight excluding hydrogens is 719 g/mol. The van der Waals surface area contributed by atoms with Crippen LogP contribution < -0.4 is 4.90 Å². The van der Waals surface area contributed by atoms with Gasteiger partial charge in [-0.15, -0.1) is 11.3 Å². The van der Waals surface area contributed by atoms with E-state index < -0.39 is 0 Å². The van der Waals surface area contributed by atoms with Crippen molar-refractivity contribution in [3.8, 4) is 44.5 Å². The molecule has 274 valence electrons. The molecule has 1 nitrogen and oxygen atoms in total. The molecule has 2 heteroatoms. The van der Waals surface area contributed by atoms with Crippen molar-refractivity contribution < 1.29 is 0 Å². The second kappa shape index (κ2) is 13.9. The van der Waals surface area contributed by atoms with Gasteiger partial charge in [0.2, 0.25) is 0 Å². The molecule has 0 amide bonds. The largest absolute Gasteiger partial charge is 0.311 e. The quantitative estimate of drug-likeness (QED) is 0.156. The average Bonchev–Trinajstić information content (AvgIpc) is 3.81. The zero-order valence-electron chi connectivity index (χ0n) is 32.1. The zero-order valence-corrected chi connectivity index (χ0v) is 33.0. The van der Waals surface area contributed by atoms with Crippen LogP contribution in [0.4, 0.5) is 17.1 Å². The Morgan fingerprint density at radius 3 is 1.48 bits per heavy atom. The lowest BCUT2D eigenvalue weighted by Gasteiger charge is -2.30. The van der Waals surface area contributed by atoms with E-state index in [0.717, 1.165) is 17.1 Å². The van der Waals surface area contributed by atoms with Crippen LogP contribution in [0.5, 0.6) is 0 Å². The van der Waals surface area contributed by atoms with E-state index in [9.17, 15) is 0 Å². The molecule has 1 heterocycles. The van der Waals surface area contributed by atoms with Crippen LogP contribution in [0.1, 0.15) is 23.6 Å². The summed E-state index contributed by atoms with van der Waals surface area (Å²) in [5.41, 5.74) is 17.1. The highest BCUT2D eigenvalue weighted by Gasteiger charge is 2.40. The lowest BCUT2D eigenvalue weighted by molar-refractivity contribution is 0.714. The molecule has 0 aliphatic heterocycles. The SMILES string of the molecule is CC1(c2ccc(N(c3ccc(-c4cccc(-c5ccccc5)c4)cc3)c3ccc(-c4cccc5c4sc4ccccc45)cc3)cc2)c2ccccc2-c2ccccc21. The van der Waals surface area contributed by atoms with E-state index in [2.05, 4.69) is 230 Å². The summed E-state index contributed by atoms with van der Waals surface area (Å²) < 4.78 is 2.66. The van der Waals surface area contributed by atoms with Crippen molar-refractivity contribution in [2.45, 2.75) is 12.3 Å². The number of anilines is 3. The van der Waals surface area contributed by atoms with Crippen molar-refractivity contribution >= 4 is 48.6 Å². The number of fused-ring (bicyclic) bond motifs is 6. The lowest BCUT2D eigenvalue weighted by atomic mass is 9.74. The molecule has 0 N–H and O–H groups in total. The van der Waals surface area contributed by atoms with Gasteiger partial charge < -0.3 is 4.90 Å². The molecule has 0 atom stereocenters. The standard InChI is InChI=1S/C56H39NS/c1-56(52-22-8-5-17-48(52)49-18-6-9-23-53(49)56)43-29-35-46(36-30-43)57(44-31-25-39(26-32-44)42-16-11-15-41(37-42)38-13-3-2-4-14-38)45-33-27-40(28-34-45)47-20-12-21-51-50-19-7-10-24-54(50)58-55(47)51/h2-37H,1H3. The molecule has 1 aromatic heterocycles. The van der Waals surface area contributed by atoms with Crippen molar-refractivity contribution in [2.75, 3.05) is 4.90 Å². The van der Waals surface area contributed by atoms with Gasteiger partial charge in [0.15, 0.2) is 0 Å². The molecule has 1 aliphatic carbocycles. The van der Waals surface area contributed by atoms with Gasteiger partial charge in [-0.2, -0.15) is 0 Å². The number of hydrogen-bond donors (Lipinski definition) is 0. The molecule has 0 radical (unpaired) electrons. The van der Waals surface area contributed by atoms with Gasteiger partial charge in [-0.05, 0) is 117 Å². The summed E-state index contributed by atoms with van der Waals surface area (Å²) in [4.78, 5) is 2.39. The third-order valence-electron chi connectivity index (χ3n) is 12.2. The Morgan fingerprint density at radius 2 is 0.828 bits per heavy atom. The van der Waals surface area contributed by atoms with Gasteiger partial charge in [0.25, 0.3) is 0 Å². The predicted molar refractivity (Wildman–Crippen MR) is 248 cm³/mol. The van der Waals surface area contributed by atoms with Gasteiger partial charge >= 0.3 is 0 Å². The summed E-state index contributed by atoms with van der Waals surface area (Å²) in [6.45, 7) is 2.38. The summed E-state index contributed by atoms with van der Waals surface area (Å²) >= 11 is 1.88. The first-order valence-electron chi connectivity index (χ1n) is 20.0. The van der Waals surface area contributed by atoms with E-state index in [1.54, 1.807) is 0 Å². The third kappa shape index (κ3) is 5.60. The average molecular weight is 758 g/mol. The molecule has 0 saturated heterocycles. The summed E-state index contributed by atoms with van der Waals surface area (Å²) in [6, 6.07) is 80.1. The van der Waals surface area contributed by atoms with E-state index in [0.29, 0.717) is 0 Å². The Balaban J connectivity index is 0.994. The van der Waals surface area contributed by atoms with Crippen LogP contribution in [0.3, 0.4) is 0 Å². The molecule has 0 bridgehead atoms. The summed E-state index contributed by atoms with van der Waals surface area (Å²) in [6.07, 6.45) is 0. The van der Waals surface area contributed by atoms with Crippen molar-refractivity contribution in [1.29, 1.82) is 0 Å². The van der Waals surface area contributed by atoms with Gasteiger partial charge in [0, 0.05) is 42.6 Å². The predicted octanol–water partition coefficient (Wildman–Crippen LogP) is 15.9. The molecule has 58 heavy (non-hydrogen) atoms. The van der Waals surface area contributed by atoms with E-state index in [1.165, 1.54) is 81.4 Å². The molecule has 1 aliphatic rings. The van der Waals surface area contributed by atoms with Crippen LogP contribution in [0, 0.1) is 0 Å². The van der Waals surface area contributed by atoms with Crippen LogP contribution in [0.25, 0.3) is 64.7 Å². The minimum absolute atomic E-state index is 0.248. The monoisotopic (exact) mass is 757 g/mol. The first-order valence-corrected chi connectivity index (χ1v) is 20.8. The molecule has 0 saturated carbocycles. The van der Waals surface area contributed by atoms with Gasteiger partial charge in [-0.1, -0.05) is 170 Å². The normalized spacial score (nSPS) is 12.7. The maximum atomic E-state index is 2.39. The first-order chi connectivity index (χ1) is 28.6. The fraction of sp³-hybridized carbons (Fsp3) is 0.0357. The van der Waals surface area contributed by atoms with Gasteiger partial charge in [-0.25, -0.2) is 0 Å². The first kappa shape index (κ1) is 34.3. The van der Waals surface area contributed by atoms with E-state index >= 15 is 0 Å². The smallest absolute Gasteiger partial charge is 0.0462 e. The zero-order chi connectivity index (χ0) is 38.6. The third-order valence-corrected chi connectivity index (χ3v) is 13.4. The Labute approximate surface area is 343 Å². The number of rotatable bonds is 7. The highest BCUT2D eigenvalue weighted by atomic mass is 32.1. The van der Waals surface area contributed by atoms with E-state index in [4.69, 9.17) is 0 Å². The fourth-order valence-corrected chi connectivity index (χ4v) is 10.5. The Kier molecular flexibility index (Phi) is 8.20. The molecule has 10 aromatic rings. The number of benzene rings is 9. The number of hydrogen-bond acceptors (Lipinski definition) is 2. The Bertz CT molecular complexity index is 3060. The molecule has 9 aromatic carbocycles. The molecular formula is C56H39NS. The second-order valence-electron chi connectivity index (χ2n) is 15.4. The highest BCUT2D eigenvalue weighted by molar-refractivity contribution is 7.26. The maximum absolute atomic E-state index is 2.39. The van der Waals surface area contributed by atoms with Crippen LogP contribution in [0.15, 0.2) is 218 Å². The van der Waals surface area contributed by atoms with Crippen LogP contribution in [-0.4, -0.2) is 0 Å². The minimum atomic E-state index is -0.248. The summed E-state index contributed by atoms with van der Waals surface area (Å²) in [7, 11) is 0. The molecule has 11 rings (SSSR count). The van der Waals surface area contributed by atoms with Crippen molar-refractivity contribution in [1.82, 2.24) is 0 Å². The fourth-order valence-electron chi connectivity index (χ4n) is 9.23. The second-order valence-corrected chi connectivity index (χ2v) is 16.5. The highest BCUT2D eigenvalue weighted by Crippen LogP contribution is 2.52. The minimum Gasteiger partial charge on any atom is -0.311 e. The van der Waals surface area contributed by atoms with Crippen LogP contribution in [-0.2, 0) is 5.41 Å². The van der Waals surface area contributed by atoms with Crippen LogP contribution in [0.2, 0.25) is 0 Å². The van der Waals surface area contributed by atoms with Gasteiger partial charge in [-0.3, -0.25) is 0 Å². The van der Waals surface area contributed by atoms with Crippen molar-refractivity contribution in [2.24, 2.45) is 0 Å². The number of thiophene rings is 1. The Morgan fingerprint density at radius 1 is 0.362 bits per heavy atom. The number of nitrogens with zero attached hydrogens (tertiary/aromatic N) is 1. The molecule has 0 unspecified atom stereocenters.